The monoisotopic (exact) mass is 418 g/mol. The van der Waals surface area contributed by atoms with Gasteiger partial charge in [-0.1, -0.05) is 24.3 Å². The van der Waals surface area contributed by atoms with Gasteiger partial charge in [0.25, 0.3) is 0 Å². The first-order chi connectivity index (χ1) is 14.7. The molecule has 0 fully saturated rings. The van der Waals surface area contributed by atoms with Crippen LogP contribution in [0.1, 0.15) is 12.8 Å². The van der Waals surface area contributed by atoms with Gasteiger partial charge in [0, 0.05) is 12.0 Å². The van der Waals surface area contributed by atoms with Crippen LogP contribution in [0.4, 0.5) is 5.69 Å². The van der Waals surface area contributed by atoms with E-state index >= 15 is 0 Å². The summed E-state index contributed by atoms with van der Waals surface area (Å²) in [6.07, 6.45) is 1.01. The molecule has 4 aromatic rings. The van der Waals surface area contributed by atoms with Crippen molar-refractivity contribution in [1.29, 1.82) is 0 Å². The topological polar surface area (TPSA) is 60.5 Å². The lowest BCUT2D eigenvalue weighted by Gasteiger charge is -2.10. The number of hydrogen-bond acceptors (Lipinski definition) is 5. The Morgan fingerprint density at radius 1 is 0.967 bits per heavy atom. The van der Waals surface area contributed by atoms with E-state index in [1.54, 1.807) is 18.4 Å². The number of anilines is 1. The van der Waals surface area contributed by atoms with Crippen molar-refractivity contribution in [3.63, 3.8) is 0 Å². The maximum absolute atomic E-state index is 12.5. The Hall–Kier alpha value is -3.38. The number of thiazole rings is 1. The number of fused-ring (bicyclic) bond motifs is 1. The molecule has 5 nitrogen and oxygen atoms in total. The van der Waals surface area contributed by atoms with Crippen LogP contribution in [0.3, 0.4) is 0 Å². The Bertz CT molecular complexity index is 1110. The molecule has 1 amide bonds. The van der Waals surface area contributed by atoms with Crippen molar-refractivity contribution in [1.82, 2.24) is 4.98 Å². The largest absolute Gasteiger partial charge is 0.497 e. The highest BCUT2D eigenvalue weighted by molar-refractivity contribution is 7.21. The number of nitrogens with zero attached hydrogens (tertiary/aromatic N) is 1. The smallest absolute Gasteiger partial charge is 0.224 e. The first kappa shape index (κ1) is 19.9. The Kier molecular flexibility index (Phi) is 6.25. The second kappa shape index (κ2) is 9.41. The molecule has 6 heteroatoms. The second-order valence-electron chi connectivity index (χ2n) is 6.71. The number of hydrogen-bond donors (Lipinski definition) is 1. The number of rotatable bonds is 8. The van der Waals surface area contributed by atoms with E-state index in [-0.39, 0.29) is 5.91 Å². The third-order valence-corrected chi connectivity index (χ3v) is 5.67. The summed E-state index contributed by atoms with van der Waals surface area (Å²) in [6.45, 7) is 0.471. The zero-order valence-electron chi connectivity index (χ0n) is 16.6. The van der Waals surface area contributed by atoms with Crippen LogP contribution in [-0.2, 0) is 4.79 Å². The van der Waals surface area contributed by atoms with Gasteiger partial charge in [0.2, 0.25) is 5.91 Å². The van der Waals surface area contributed by atoms with Gasteiger partial charge in [-0.3, -0.25) is 4.79 Å². The Morgan fingerprint density at radius 2 is 1.70 bits per heavy atom. The molecule has 1 N–H and O–H groups in total. The number of benzene rings is 3. The number of carbonyl (C=O) groups excluding carboxylic acids is 1. The summed E-state index contributed by atoms with van der Waals surface area (Å²) < 4.78 is 11.9. The van der Waals surface area contributed by atoms with Crippen LogP contribution in [0.25, 0.3) is 20.8 Å². The number of carbonyl (C=O) groups is 1. The number of ether oxygens (including phenoxy) is 2. The average Bonchev–Trinajstić information content (AvgIpc) is 3.21. The van der Waals surface area contributed by atoms with E-state index in [2.05, 4.69) is 11.4 Å². The van der Waals surface area contributed by atoms with E-state index in [1.165, 1.54) is 0 Å². The van der Waals surface area contributed by atoms with Gasteiger partial charge in [-0.2, -0.15) is 0 Å². The van der Waals surface area contributed by atoms with Crippen LogP contribution in [0.15, 0.2) is 72.8 Å². The molecule has 0 spiro atoms. The summed E-state index contributed by atoms with van der Waals surface area (Å²) in [5, 5.41) is 3.92. The van der Waals surface area contributed by atoms with Crippen LogP contribution in [-0.4, -0.2) is 24.6 Å². The van der Waals surface area contributed by atoms with Gasteiger partial charge < -0.3 is 14.8 Å². The molecular formula is C24H22N2O3S. The summed E-state index contributed by atoms with van der Waals surface area (Å²) >= 11 is 1.62. The van der Waals surface area contributed by atoms with Gasteiger partial charge in [0.1, 0.15) is 16.5 Å². The summed E-state index contributed by atoms with van der Waals surface area (Å²) in [5.74, 6) is 1.51. The highest BCUT2D eigenvalue weighted by Crippen LogP contribution is 2.34. The third kappa shape index (κ3) is 4.78. The standard InChI is InChI=1S/C24H22N2O3S/c1-28-17-12-14-18(15-13-17)29-16-6-11-23(27)25-20-8-3-2-7-19(20)24-26-21-9-4-5-10-22(21)30-24/h2-5,7-10,12-15H,6,11,16H2,1H3,(H,25,27). The lowest BCUT2D eigenvalue weighted by molar-refractivity contribution is -0.116. The van der Waals surface area contributed by atoms with Crippen molar-refractivity contribution in [3.05, 3.63) is 72.8 Å². The SMILES string of the molecule is COc1ccc(OCCCC(=O)Nc2ccccc2-c2nc3ccccc3s2)cc1. The van der Waals surface area contributed by atoms with Crippen molar-refractivity contribution in [2.45, 2.75) is 12.8 Å². The minimum Gasteiger partial charge on any atom is -0.497 e. The Balaban J connectivity index is 1.34. The summed E-state index contributed by atoms with van der Waals surface area (Å²) in [4.78, 5) is 17.2. The molecular weight excluding hydrogens is 396 g/mol. The minimum absolute atomic E-state index is 0.0399. The predicted molar refractivity (Wildman–Crippen MR) is 121 cm³/mol. The molecule has 0 saturated heterocycles. The summed E-state index contributed by atoms with van der Waals surface area (Å²) in [7, 11) is 1.63. The maximum Gasteiger partial charge on any atom is 0.224 e. The van der Waals surface area contributed by atoms with Gasteiger partial charge >= 0.3 is 0 Å². The quantitative estimate of drug-likeness (QED) is 0.369. The Labute approximate surface area is 179 Å². The van der Waals surface area contributed by atoms with Crippen molar-refractivity contribution in [2.24, 2.45) is 0 Å². The van der Waals surface area contributed by atoms with Crippen molar-refractivity contribution in [2.75, 3.05) is 19.0 Å². The van der Waals surface area contributed by atoms with Crippen LogP contribution in [0, 0.1) is 0 Å². The molecule has 0 unspecified atom stereocenters. The fourth-order valence-electron chi connectivity index (χ4n) is 3.07. The molecule has 0 saturated carbocycles. The number of para-hydroxylation sites is 2. The van der Waals surface area contributed by atoms with Gasteiger partial charge in [0.15, 0.2) is 0 Å². The van der Waals surface area contributed by atoms with Crippen molar-refractivity contribution in [3.8, 4) is 22.1 Å². The average molecular weight is 419 g/mol. The predicted octanol–water partition coefficient (Wildman–Crippen LogP) is 5.77. The molecule has 0 atom stereocenters. The molecule has 0 aliphatic carbocycles. The van der Waals surface area contributed by atoms with Crippen LogP contribution in [0.2, 0.25) is 0 Å². The number of nitrogens with one attached hydrogen (secondary N) is 1. The van der Waals surface area contributed by atoms with E-state index in [0.717, 1.165) is 38.0 Å². The zero-order chi connectivity index (χ0) is 20.8. The van der Waals surface area contributed by atoms with Crippen LogP contribution in [0.5, 0.6) is 11.5 Å². The molecule has 152 valence electrons. The minimum atomic E-state index is -0.0399. The summed E-state index contributed by atoms with van der Waals surface area (Å²) in [5.41, 5.74) is 2.67. The molecule has 0 bridgehead atoms. The van der Waals surface area contributed by atoms with Gasteiger partial charge in [-0.15, -0.1) is 11.3 Å². The van der Waals surface area contributed by atoms with Crippen molar-refractivity contribution >= 4 is 33.1 Å². The van der Waals surface area contributed by atoms with E-state index in [4.69, 9.17) is 14.5 Å². The number of methoxy groups -OCH3 is 1. The van der Waals surface area contributed by atoms with E-state index in [1.807, 2.05) is 66.7 Å². The normalized spacial score (nSPS) is 10.7. The van der Waals surface area contributed by atoms with Gasteiger partial charge in [-0.05, 0) is 55.0 Å². The van der Waals surface area contributed by atoms with Gasteiger partial charge in [0.05, 0.1) is 29.6 Å². The fraction of sp³-hybridized carbons (Fsp3) is 0.167. The molecule has 1 aromatic heterocycles. The lowest BCUT2D eigenvalue weighted by Crippen LogP contribution is -2.13. The molecule has 30 heavy (non-hydrogen) atoms. The molecule has 0 radical (unpaired) electrons. The lowest BCUT2D eigenvalue weighted by atomic mass is 10.1. The van der Waals surface area contributed by atoms with Crippen molar-refractivity contribution < 1.29 is 14.3 Å². The number of amides is 1. The molecule has 4 rings (SSSR count). The zero-order valence-corrected chi connectivity index (χ0v) is 17.4. The summed E-state index contributed by atoms with van der Waals surface area (Å²) in [6, 6.07) is 23.2. The number of aromatic nitrogens is 1. The van der Waals surface area contributed by atoms with Crippen LogP contribution < -0.4 is 14.8 Å². The van der Waals surface area contributed by atoms with E-state index in [9.17, 15) is 4.79 Å². The molecule has 0 aliphatic heterocycles. The van der Waals surface area contributed by atoms with Crippen LogP contribution >= 0.6 is 11.3 Å². The first-order valence-electron chi connectivity index (χ1n) is 9.74. The van der Waals surface area contributed by atoms with Gasteiger partial charge in [-0.25, -0.2) is 4.98 Å². The first-order valence-corrected chi connectivity index (χ1v) is 10.6. The van der Waals surface area contributed by atoms with E-state index < -0.39 is 0 Å². The highest BCUT2D eigenvalue weighted by atomic mass is 32.1. The molecule has 0 aliphatic rings. The molecule has 1 heterocycles. The second-order valence-corrected chi connectivity index (χ2v) is 7.74. The molecule has 3 aromatic carbocycles. The third-order valence-electron chi connectivity index (χ3n) is 4.60. The van der Waals surface area contributed by atoms with E-state index in [0.29, 0.717) is 19.4 Å². The fourth-order valence-corrected chi connectivity index (χ4v) is 4.08. The maximum atomic E-state index is 12.5. The Morgan fingerprint density at radius 3 is 2.50 bits per heavy atom. The highest BCUT2D eigenvalue weighted by Gasteiger charge is 2.12.